The van der Waals surface area contributed by atoms with Gasteiger partial charge in [0.2, 0.25) is 0 Å². The van der Waals surface area contributed by atoms with Crippen LogP contribution >= 0.6 is 0 Å². The maximum absolute atomic E-state index is 14.9. The van der Waals surface area contributed by atoms with Gasteiger partial charge in [-0.1, -0.05) is 79.0 Å². The van der Waals surface area contributed by atoms with Gasteiger partial charge in [-0.25, -0.2) is 0 Å². The van der Waals surface area contributed by atoms with E-state index in [1.165, 1.54) is 59.3 Å². The van der Waals surface area contributed by atoms with Gasteiger partial charge in [0.05, 0.1) is 30.3 Å². The SMILES string of the molecule is CC(CC(O)C1OC1(C)C)C1=C2C(C[NH+]3C=C(Cc4cc(C5CCCCC5)cc(C5CCOCC5)c4)C4=NC=CC43)C(O)C3C4(C)CCC(=O)C(C)(C)C4CCC3(C)C2(C)CC1=O. The minimum atomic E-state index is -0.691. The number of hydrogen-bond donors (Lipinski definition) is 3. The minimum Gasteiger partial charge on any atom is -0.392 e. The second-order valence-corrected chi connectivity index (χ2v) is 24.0. The van der Waals surface area contributed by atoms with Crippen LogP contribution < -0.4 is 4.90 Å². The maximum atomic E-state index is 14.9. The monoisotopic (exact) mass is 862 g/mol. The van der Waals surface area contributed by atoms with E-state index in [-0.39, 0.29) is 58.0 Å². The molecule has 8 heteroatoms. The molecule has 1 aromatic carbocycles. The fourth-order valence-corrected chi connectivity index (χ4v) is 16.3. The molecule has 1 aromatic rings. The van der Waals surface area contributed by atoms with Gasteiger partial charge in [0.25, 0.3) is 0 Å². The topological polar surface area (TPSA) is 113 Å². The molecule has 9 aliphatic rings. The quantitative estimate of drug-likeness (QED) is 0.204. The first kappa shape index (κ1) is 44.1. The predicted octanol–water partition coefficient (Wildman–Crippen LogP) is 8.55. The Morgan fingerprint density at radius 1 is 0.905 bits per heavy atom. The summed E-state index contributed by atoms with van der Waals surface area (Å²) in [6, 6.07) is 7.58. The number of carbonyl (C=O) groups is 2. The Balaban J connectivity index is 1.03. The van der Waals surface area contributed by atoms with Crippen LogP contribution in [0, 0.1) is 45.3 Å². The van der Waals surface area contributed by atoms with Gasteiger partial charge in [0.15, 0.2) is 11.8 Å². The van der Waals surface area contributed by atoms with Gasteiger partial charge >= 0.3 is 0 Å². The molecule has 63 heavy (non-hydrogen) atoms. The second-order valence-electron chi connectivity index (χ2n) is 24.0. The standard InChI is InChI=1S/C55H76N2O6/c1-32(24-41(58)50-52(4,5)63-50)45-42(59)29-55(8)46(45)39(48(61)49-53(6)19-15-44(60)51(2,3)43(53)14-20-54(49,55)7)31-57-30-38(47-40(57)16-21-56-47)27-33-25-36(34-12-10-9-11-13-34)28-37(26-33)35-17-22-62-23-18-35/h16,21,25-26,28,30,32,34-35,39-41,43,48-50,58,61H,9-15,17-20,22-24,27,29,31H2,1-8H3/p+1. The largest absolute Gasteiger partial charge is 0.392 e. The van der Waals surface area contributed by atoms with Crippen molar-refractivity contribution >= 4 is 17.3 Å². The minimum absolute atomic E-state index is 0.0545. The average Bonchev–Trinajstić information content (AvgIpc) is 3.53. The number of epoxide rings is 1. The number of nitrogens with zero attached hydrogens (tertiary/aromatic N) is 1. The number of Topliss-reactive ketones (excluding diaryl/α,β-unsaturated/α-hetero) is 2. The van der Waals surface area contributed by atoms with Crippen molar-refractivity contribution in [1.82, 2.24) is 0 Å². The molecule has 12 unspecified atom stereocenters. The predicted molar refractivity (Wildman–Crippen MR) is 246 cm³/mol. The third kappa shape index (κ3) is 7.03. The lowest BCUT2D eigenvalue weighted by atomic mass is 9.34. The lowest BCUT2D eigenvalue weighted by molar-refractivity contribution is -0.856. The number of ether oxygens (including phenoxy) is 2. The van der Waals surface area contributed by atoms with Crippen molar-refractivity contribution in [3.05, 3.63) is 70.1 Å². The van der Waals surface area contributed by atoms with E-state index in [1.807, 2.05) is 20.0 Å². The Hall–Kier alpha value is -2.75. The lowest BCUT2D eigenvalue weighted by Crippen LogP contribution is -3.11. The molecule has 342 valence electrons. The molecule has 12 atom stereocenters. The van der Waals surface area contributed by atoms with Crippen LogP contribution in [-0.2, 0) is 25.5 Å². The highest BCUT2D eigenvalue weighted by Gasteiger charge is 2.72. The lowest BCUT2D eigenvalue weighted by Gasteiger charge is -2.69. The fraction of sp³-hybridized carbons (Fsp3) is 0.727. The molecule has 0 amide bonds. The third-order valence-corrected chi connectivity index (χ3v) is 19.7. The van der Waals surface area contributed by atoms with Gasteiger partial charge in [0, 0.05) is 55.1 Å². The number of rotatable bonds is 10. The molecule has 6 fully saturated rings. The fourth-order valence-electron chi connectivity index (χ4n) is 16.3. The van der Waals surface area contributed by atoms with Crippen molar-refractivity contribution in [2.45, 2.75) is 187 Å². The Kier molecular flexibility index (Phi) is 11.0. The van der Waals surface area contributed by atoms with Gasteiger partial charge < -0.3 is 19.7 Å². The van der Waals surface area contributed by atoms with Crippen molar-refractivity contribution in [3.8, 4) is 0 Å². The van der Waals surface area contributed by atoms with E-state index in [4.69, 9.17) is 14.5 Å². The van der Waals surface area contributed by atoms with E-state index in [2.05, 4.69) is 72.0 Å². The van der Waals surface area contributed by atoms with Gasteiger partial charge in [-0.15, -0.1) is 0 Å². The summed E-state index contributed by atoms with van der Waals surface area (Å²) in [5.41, 5.74) is 6.89. The number of quaternary nitrogens is 1. The number of ketones is 2. The highest BCUT2D eigenvalue weighted by atomic mass is 16.6. The van der Waals surface area contributed by atoms with Crippen LogP contribution in [0.3, 0.4) is 0 Å². The number of hydrogen-bond acceptors (Lipinski definition) is 7. The first-order chi connectivity index (χ1) is 29.9. The Labute approximate surface area is 377 Å². The smallest absolute Gasteiger partial charge is 0.160 e. The highest BCUT2D eigenvalue weighted by molar-refractivity contribution is 6.07. The van der Waals surface area contributed by atoms with Gasteiger partial charge in [-0.2, -0.15) is 0 Å². The van der Waals surface area contributed by atoms with Gasteiger partial charge in [-0.05, 0) is 140 Å². The zero-order valence-electron chi connectivity index (χ0n) is 39.7. The van der Waals surface area contributed by atoms with E-state index in [0.717, 1.165) is 68.6 Å². The van der Waals surface area contributed by atoms with E-state index in [0.29, 0.717) is 43.4 Å². The first-order valence-electron chi connectivity index (χ1n) is 25.2. The second kappa shape index (κ2) is 15.7. The molecule has 3 N–H and O–H groups in total. The number of carbonyl (C=O) groups excluding carboxylic acids is 2. The molecular weight excluding hydrogens is 785 g/mol. The first-order valence-corrected chi connectivity index (χ1v) is 25.2. The number of allylic oxidation sites excluding steroid dienone is 1. The van der Waals surface area contributed by atoms with Crippen LogP contribution in [0.1, 0.15) is 167 Å². The van der Waals surface area contributed by atoms with E-state index >= 15 is 0 Å². The van der Waals surface area contributed by atoms with Crippen molar-refractivity contribution in [2.24, 2.45) is 50.3 Å². The molecule has 8 nitrogen and oxygen atoms in total. The third-order valence-electron chi connectivity index (χ3n) is 19.7. The van der Waals surface area contributed by atoms with E-state index < -0.39 is 23.0 Å². The maximum Gasteiger partial charge on any atom is 0.160 e. The molecule has 4 heterocycles. The van der Waals surface area contributed by atoms with Gasteiger partial charge in [0.1, 0.15) is 23.8 Å². The number of aliphatic hydroxyl groups is 2. The van der Waals surface area contributed by atoms with E-state index in [1.54, 1.807) is 0 Å². The number of nitrogens with one attached hydrogen (secondary N) is 1. The van der Waals surface area contributed by atoms with Crippen LogP contribution in [0.4, 0.5) is 0 Å². The molecule has 0 aromatic heterocycles. The normalized spacial score (nSPS) is 40.5. The summed E-state index contributed by atoms with van der Waals surface area (Å²) in [7, 11) is 0. The van der Waals surface area contributed by atoms with Crippen LogP contribution in [0.15, 0.2) is 58.4 Å². The van der Waals surface area contributed by atoms with Crippen molar-refractivity contribution in [1.29, 1.82) is 0 Å². The Morgan fingerprint density at radius 2 is 1.59 bits per heavy atom. The summed E-state index contributed by atoms with van der Waals surface area (Å²) in [5.74, 6) is 1.33. The van der Waals surface area contributed by atoms with Crippen molar-refractivity contribution in [3.63, 3.8) is 0 Å². The average molecular weight is 862 g/mol. The molecule has 4 saturated carbocycles. The van der Waals surface area contributed by atoms with Crippen LogP contribution in [-0.4, -0.2) is 77.2 Å². The van der Waals surface area contributed by atoms with Crippen molar-refractivity contribution < 1.29 is 34.2 Å². The zero-order chi connectivity index (χ0) is 44.4. The summed E-state index contributed by atoms with van der Waals surface area (Å²) < 4.78 is 11.7. The zero-order valence-corrected chi connectivity index (χ0v) is 39.7. The highest BCUT2D eigenvalue weighted by Crippen LogP contribution is 2.74. The summed E-state index contributed by atoms with van der Waals surface area (Å²) in [5, 5.41) is 25.0. The number of aliphatic hydroxyl groups excluding tert-OH is 2. The molecule has 0 bridgehead atoms. The number of fused-ring (bicyclic) bond motifs is 6. The molecular formula is C55H77N2O6+. The molecule has 0 spiro atoms. The molecule has 10 rings (SSSR count). The molecule has 2 saturated heterocycles. The Bertz CT molecular complexity index is 2120. The summed E-state index contributed by atoms with van der Waals surface area (Å²) in [4.78, 5) is 34.8. The van der Waals surface area contributed by atoms with Crippen LogP contribution in [0.5, 0.6) is 0 Å². The number of aliphatic imine (C=N–C) groups is 1. The number of benzene rings is 1. The molecule has 0 radical (unpaired) electrons. The summed E-state index contributed by atoms with van der Waals surface area (Å²) in [6.45, 7) is 19.9. The summed E-state index contributed by atoms with van der Waals surface area (Å²) in [6.07, 6.45) is 18.5. The van der Waals surface area contributed by atoms with E-state index in [9.17, 15) is 19.8 Å². The van der Waals surface area contributed by atoms with Crippen molar-refractivity contribution in [2.75, 3.05) is 19.8 Å². The summed E-state index contributed by atoms with van der Waals surface area (Å²) >= 11 is 0. The molecule has 5 aliphatic carbocycles. The van der Waals surface area contributed by atoms with Gasteiger partial charge in [-0.3, -0.25) is 19.5 Å². The van der Waals surface area contributed by atoms with Crippen LogP contribution in [0.25, 0.3) is 0 Å². The Morgan fingerprint density at radius 3 is 2.27 bits per heavy atom. The van der Waals surface area contributed by atoms with Crippen LogP contribution in [0.2, 0.25) is 0 Å². The molecule has 4 aliphatic heterocycles.